The van der Waals surface area contributed by atoms with Crippen molar-refractivity contribution in [2.45, 2.75) is 63.3 Å². The second kappa shape index (κ2) is 12.8. The standard InChI is InChI=1S/C24H35F3N2O3/c1-4-16-28(2)17-6-5-7-18-31-21-14-10-20(11-15-21)29(3)23(30)32-22-12-8-19(9-13-22)24(25,26)27/h4,8-9,12-13,20-21H,1,5-7,10-11,14-18H2,2-3H3. The minimum absolute atomic E-state index is 0.0391. The van der Waals surface area contributed by atoms with Gasteiger partial charge in [0.15, 0.2) is 0 Å². The predicted molar refractivity (Wildman–Crippen MR) is 119 cm³/mol. The molecule has 1 aliphatic carbocycles. The molecule has 1 aliphatic rings. The number of carbonyl (C=O) groups excluding carboxylic acids is 1. The monoisotopic (exact) mass is 456 g/mol. The van der Waals surface area contributed by atoms with Crippen LogP contribution in [0.5, 0.6) is 5.75 Å². The highest BCUT2D eigenvalue weighted by atomic mass is 19.4. The van der Waals surface area contributed by atoms with Gasteiger partial charge in [0.1, 0.15) is 5.75 Å². The summed E-state index contributed by atoms with van der Waals surface area (Å²) in [5.74, 6) is 0.0996. The number of carbonyl (C=O) groups is 1. The number of alkyl halides is 3. The van der Waals surface area contributed by atoms with Crippen LogP contribution in [0.2, 0.25) is 0 Å². The molecule has 0 bridgehead atoms. The molecule has 0 saturated heterocycles. The first kappa shape index (κ1) is 26.2. The molecule has 32 heavy (non-hydrogen) atoms. The van der Waals surface area contributed by atoms with Crippen LogP contribution >= 0.6 is 0 Å². The molecule has 0 radical (unpaired) electrons. The van der Waals surface area contributed by atoms with E-state index < -0.39 is 17.8 Å². The summed E-state index contributed by atoms with van der Waals surface area (Å²) in [5, 5.41) is 0. The Hall–Kier alpha value is -2.06. The quantitative estimate of drug-likeness (QED) is 0.314. The van der Waals surface area contributed by atoms with Gasteiger partial charge in [0.25, 0.3) is 0 Å². The first-order chi connectivity index (χ1) is 15.2. The third kappa shape index (κ3) is 8.82. The lowest BCUT2D eigenvalue weighted by molar-refractivity contribution is -0.137. The zero-order valence-electron chi connectivity index (χ0n) is 19.1. The van der Waals surface area contributed by atoms with E-state index in [-0.39, 0.29) is 17.9 Å². The molecular formula is C24H35F3N2O3. The van der Waals surface area contributed by atoms with Gasteiger partial charge in [-0.2, -0.15) is 13.2 Å². The molecule has 1 aromatic rings. The second-order valence-electron chi connectivity index (χ2n) is 8.41. The lowest BCUT2D eigenvalue weighted by Gasteiger charge is -2.34. The second-order valence-corrected chi connectivity index (χ2v) is 8.41. The maximum Gasteiger partial charge on any atom is 0.416 e. The molecule has 0 aromatic heterocycles. The Bertz CT molecular complexity index is 701. The zero-order chi connectivity index (χ0) is 23.6. The Morgan fingerprint density at radius 3 is 2.34 bits per heavy atom. The van der Waals surface area contributed by atoms with Crippen molar-refractivity contribution in [1.82, 2.24) is 9.80 Å². The van der Waals surface area contributed by atoms with E-state index in [0.29, 0.717) is 0 Å². The van der Waals surface area contributed by atoms with Crippen molar-refractivity contribution in [3.63, 3.8) is 0 Å². The van der Waals surface area contributed by atoms with Gasteiger partial charge in [0, 0.05) is 26.2 Å². The fraction of sp³-hybridized carbons (Fsp3) is 0.625. The normalized spacial score (nSPS) is 19.1. The maximum atomic E-state index is 12.6. The summed E-state index contributed by atoms with van der Waals surface area (Å²) in [4.78, 5) is 16.2. The number of halogens is 3. The molecule has 5 nitrogen and oxygen atoms in total. The molecule has 1 amide bonds. The molecular weight excluding hydrogens is 421 g/mol. The van der Waals surface area contributed by atoms with Crippen molar-refractivity contribution in [2.75, 3.05) is 33.8 Å². The van der Waals surface area contributed by atoms with Crippen molar-refractivity contribution in [3.05, 3.63) is 42.5 Å². The van der Waals surface area contributed by atoms with Crippen molar-refractivity contribution in [2.24, 2.45) is 0 Å². The van der Waals surface area contributed by atoms with Gasteiger partial charge in [-0.25, -0.2) is 4.79 Å². The Morgan fingerprint density at radius 1 is 1.09 bits per heavy atom. The molecule has 0 atom stereocenters. The summed E-state index contributed by atoms with van der Waals surface area (Å²) in [6.45, 7) is 6.47. The first-order valence-corrected chi connectivity index (χ1v) is 11.2. The average Bonchev–Trinajstić information content (AvgIpc) is 2.76. The van der Waals surface area contributed by atoms with Crippen LogP contribution in [0, 0.1) is 0 Å². The number of unbranched alkanes of at least 4 members (excludes halogenated alkanes) is 2. The summed E-state index contributed by atoms with van der Waals surface area (Å²) >= 11 is 0. The Morgan fingerprint density at radius 2 is 1.75 bits per heavy atom. The lowest BCUT2D eigenvalue weighted by Crippen LogP contribution is -2.42. The van der Waals surface area contributed by atoms with E-state index in [1.165, 1.54) is 4.90 Å². The summed E-state index contributed by atoms with van der Waals surface area (Å²) in [6.07, 6.45) is 3.86. The van der Waals surface area contributed by atoms with Gasteiger partial charge in [0.05, 0.1) is 11.7 Å². The summed E-state index contributed by atoms with van der Waals surface area (Å²) in [7, 11) is 3.76. The topological polar surface area (TPSA) is 42.0 Å². The third-order valence-corrected chi connectivity index (χ3v) is 5.84. The van der Waals surface area contributed by atoms with E-state index in [9.17, 15) is 18.0 Å². The van der Waals surface area contributed by atoms with E-state index in [1.54, 1.807) is 7.05 Å². The number of benzene rings is 1. The highest BCUT2D eigenvalue weighted by Gasteiger charge is 2.31. The van der Waals surface area contributed by atoms with Gasteiger partial charge < -0.3 is 19.3 Å². The molecule has 0 unspecified atom stereocenters. The third-order valence-electron chi connectivity index (χ3n) is 5.84. The van der Waals surface area contributed by atoms with Crippen molar-refractivity contribution in [1.29, 1.82) is 0 Å². The van der Waals surface area contributed by atoms with Crippen LogP contribution in [-0.4, -0.2) is 61.8 Å². The smallest absolute Gasteiger partial charge is 0.410 e. The molecule has 8 heteroatoms. The number of likely N-dealkylation sites (N-methyl/N-ethyl adjacent to an activating group) is 1. The van der Waals surface area contributed by atoms with E-state index in [4.69, 9.17) is 9.47 Å². The van der Waals surface area contributed by atoms with E-state index >= 15 is 0 Å². The SMILES string of the molecule is C=CCN(C)CCCCCOC1CCC(N(C)C(=O)Oc2ccc(C(F)(F)F)cc2)CC1. The van der Waals surface area contributed by atoms with Crippen LogP contribution in [-0.2, 0) is 10.9 Å². The number of nitrogens with zero attached hydrogens (tertiary/aromatic N) is 2. The largest absolute Gasteiger partial charge is 0.416 e. The van der Waals surface area contributed by atoms with Gasteiger partial charge in [-0.05, 0) is 82.8 Å². The van der Waals surface area contributed by atoms with Crippen LogP contribution in [0.3, 0.4) is 0 Å². The molecule has 1 aromatic carbocycles. The molecule has 0 N–H and O–H groups in total. The molecule has 1 fully saturated rings. The Kier molecular flexibility index (Phi) is 10.5. The van der Waals surface area contributed by atoms with Crippen LogP contribution in [0.15, 0.2) is 36.9 Å². The Labute approximate surface area is 189 Å². The van der Waals surface area contributed by atoms with Gasteiger partial charge in [-0.1, -0.05) is 6.08 Å². The summed E-state index contributed by atoms with van der Waals surface area (Å²) in [6, 6.07) is 4.18. The summed E-state index contributed by atoms with van der Waals surface area (Å²) < 4.78 is 49.2. The van der Waals surface area contributed by atoms with Crippen LogP contribution in [0.1, 0.15) is 50.5 Å². The van der Waals surface area contributed by atoms with Crippen LogP contribution < -0.4 is 4.74 Å². The highest BCUT2D eigenvalue weighted by molar-refractivity contribution is 5.70. The van der Waals surface area contributed by atoms with Crippen molar-refractivity contribution >= 4 is 6.09 Å². The maximum absolute atomic E-state index is 12.6. The van der Waals surface area contributed by atoms with Crippen molar-refractivity contribution < 1.29 is 27.4 Å². The van der Waals surface area contributed by atoms with Crippen LogP contribution in [0.25, 0.3) is 0 Å². The molecule has 180 valence electrons. The van der Waals surface area contributed by atoms with Gasteiger partial charge >= 0.3 is 12.3 Å². The van der Waals surface area contributed by atoms with Gasteiger partial charge in [-0.15, -0.1) is 6.58 Å². The predicted octanol–water partition coefficient (Wildman–Crippen LogP) is 5.75. The van der Waals surface area contributed by atoms with Crippen molar-refractivity contribution in [3.8, 4) is 5.75 Å². The molecule has 0 heterocycles. The number of hydrogen-bond acceptors (Lipinski definition) is 4. The van der Waals surface area contributed by atoms with Gasteiger partial charge in [-0.3, -0.25) is 0 Å². The number of rotatable bonds is 11. The number of amides is 1. The minimum atomic E-state index is -4.41. The molecule has 0 aliphatic heterocycles. The van der Waals surface area contributed by atoms with Gasteiger partial charge in [0.2, 0.25) is 0 Å². The summed E-state index contributed by atoms with van der Waals surface area (Å²) in [5.41, 5.74) is -0.774. The van der Waals surface area contributed by atoms with E-state index in [1.807, 2.05) is 6.08 Å². The van der Waals surface area contributed by atoms with E-state index in [0.717, 1.165) is 88.9 Å². The average molecular weight is 457 g/mol. The number of ether oxygens (including phenoxy) is 2. The first-order valence-electron chi connectivity index (χ1n) is 11.2. The fourth-order valence-corrected chi connectivity index (χ4v) is 3.86. The van der Waals surface area contributed by atoms with Crippen LogP contribution in [0.4, 0.5) is 18.0 Å². The Balaban J connectivity index is 1.64. The fourth-order valence-electron chi connectivity index (χ4n) is 3.86. The molecule has 2 rings (SSSR count). The van der Waals surface area contributed by atoms with E-state index in [2.05, 4.69) is 18.5 Å². The molecule has 0 spiro atoms. The zero-order valence-corrected chi connectivity index (χ0v) is 19.1. The molecule has 1 saturated carbocycles. The highest BCUT2D eigenvalue weighted by Crippen LogP contribution is 2.30. The number of hydrogen-bond donors (Lipinski definition) is 0. The minimum Gasteiger partial charge on any atom is -0.410 e. The lowest BCUT2D eigenvalue weighted by atomic mass is 9.92.